The van der Waals surface area contributed by atoms with Crippen LogP contribution < -0.4 is 15.4 Å². The largest absolute Gasteiger partial charge is 0.496 e. The third-order valence-corrected chi connectivity index (χ3v) is 5.33. The molecule has 28 heavy (non-hydrogen) atoms. The van der Waals surface area contributed by atoms with Gasteiger partial charge in [0, 0.05) is 37.3 Å². The van der Waals surface area contributed by atoms with Gasteiger partial charge in [0.2, 0.25) is 0 Å². The van der Waals surface area contributed by atoms with Crippen LogP contribution in [0.4, 0.5) is 0 Å². The molecule has 0 amide bonds. The number of para-hydroxylation sites is 1. The summed E-state index contributed by atoms with van der Waals surface area (Å²) in [6.45, 7) is 5.76. The summed E-state index contributed by atoms with van der Waals surface area (Å²) in [7, 11) is 5.83. The van der Waals surface area contributed by atoms with Crippen LogP contribution in [0.2, 0.25) is 0 Å². The van der Waals surface area contributed by atoms with E-state index < -0.39 is 0 Å². The van der Waals surface area contributed by atoms with Crippen LogP contribution in [0.5, 0.6) is 5.75 Å². The topological polar surface area (TPSA) is 78.4 Å². The predicted octanol–water partition coefficient (Wildman–Crippen LogP) is 1.64. The Labute approximate surface area is 169 Å². The second-order valence-corrected chi connectivity index (χ2v) is 7.57. The van der Waals surface area contributed by atoms with E-state index >= 15 is 0 Å². The molecule has 2 atom stereocenters. The monoisotopic (exact) mass is 392 g/mol. The Bertz CT molecular complexity index is 615. The zero-order chi connectivity index (χ0) is 20.4. The first-order valence-electron chi connectivity index (χ1n) is 10.1. The SMILES string of the molecule is CCNC(=NCC1(CCO)CCOC1)NCC(c1ccccc1OC)N(C)C. The van der Waals surface area contributed by atoms with Gasteiger partial charge in [0.1, 0.15) is 5.75 Å². The highest BCUT2D eigenvalue weighted by atomic mass is 16.5. The van der Waals surface area contributed by atoms with E-state index in [0.29, 0.717) is 19.7 Å². The van der Waals surface area contributed by atoms with Gasteiger partial charge in [-0.3, -0.25) is 4.99 Å². The van der Waals surface area contributed by atoms with Crippen LogP contribution in [0.1, 0.15) is 31.4 Å². The van der Waals surface area contributed by atoms with Gasteiger partial charge in [0.15, 0.2) is 5.96 Å². The van der Waals surface area contributed by atoms with Gasteiger partial charge >= 0.3 is 0 Å². The molecule has 1 aromatic carbocycles. The summed E-state index contributed by atoms with van der Waals surface area (Å²) >= 11 is 0. The van der Waals surface area contributed by atoms with Crippen molar-refractivity contribution in [3.8, 4) is 5.75 Å². The van der Waals surface area contributed by atoms with Crippen molar-refractivity contribution in [2.75, 3.05) is 60.7 Å². The van der Waals surface area contributed by atoms with Crippen LogP contribution in [0.15, 0.2) is 29.3 Å². The highest BCUT2D eigenvalue weighted by Gasteiger charge is 2.34. The third kappa shape index (κ3) is 6.09. The van der Waals surface area contributed by atoms with Crippen molar-refractivity contribution in [1.29, 1.82) is 0 Å². The van der Waals surface area contributed by atoms with Crippen molar-refractivity contribution in [2.24, 2.45) is 10.4 Å². The number of hydrogen-bond donors (Lipinski definition) is 3. The van der Waals surface area contributed by atoms with E-state index in [9.17, 15) is 5.11 Å². The zero-order valence-corrected chi connectivity index (χ0v) is 17.7. The molecule has 3 N–H and O–H groups in total. The zero-order valence-electron chi connectivity index (χ0n) is 17.7. The quantitative estimate of drug-likeness (QED) is 0.415. The van der Waals surface area contributed by atoms with Gasteiger partial charge in [-0.25, -0.2) is 0 Å². The summed E-state index contributed by atoms with van der Waals surface area (Å²) < 4.78 is 11.1. The van der Waals surface area contributed by atoms with Crippen molar-refractivity contribution in [3.63, 3.8) is 0 Å². The molecule has 2 rings (SSSR count). The van der Waals surface area contributed by atoms with Crippen LogP contribution in [0, 0.1) is 5.41 Å². The minimum atomic E-state index is -0.0549. The first-order chi connectivity index (χ1) is 13.5. The van der Waals surface area contributed by atoms with Gasteiger partial charge in [0.25, 0.3) is 0 Å². The van der Waals surface area contributed by atoms with E-state index in [4.69, 9.17) is 14.5 Å². The number of aliphatic imine (C=N–C) groups is 1. The Balaban J connectivity index is 2.09. The number of nitrogens with one attached hydrogen (secondary N) is 2. The normalized spacial score (nSPS) is 21.0. The highest BCUT2D eigenvalue weighted by Crippen LogP contribution is 2.32. The standard InChI is InChI=1S/C21H36N4O3/c1-5-22-20(24-15-21(10-12-26)11-13-28-16-21)23-14-18(25(2)3)17-8-6-7-9-19(17)27-4/h6-9,18,26H,5,10-16H2,1-4H3,(H2,22,23,24). The number of nitrogens with zero attached hydrogens (tertiary/aromatic N) is 2. The molecule has 7 nitrogen and oxygen atoms in total. The third-order valence-electron chi connectivity index (χ3n) is 5.33. The Morgan fingerprint density at radius 1 is 1.36 bits per heavy atom. The van der Waals surface area contributed by atoms with Gasteiger partial charge in [-0.1, -0.05) is 18.2 Å². The highest BCUT2D eigenvalue weighted by molar-refractivity contribution is 5.79. The van der Waals surface area contributed by atoms with Gasteiger partial charge in [-0.15, -0.1) is 0 Å². The molecule has 0 aromatic heterocycles. The van der Waals surface area contributed by atoms with E-state index in [-0.39, 0.29) is 18.1 Å². The summed E-state index contributed by atoms with van der Waals surface area (Å²) in [6.07, 6.45) is 1.66. The molecule has 158 valence electrons. The van der Waals surface area contributed by atoms with E-state index in [1.54, 1.807) is 7.11 Å². The molecule has 1 aliphatic heterocycles. The Kier molecular flexibility index (Phi) is 9.02. The van der Waals surface area contributed by atoms with Crippen LogP contribution in [-0.4, -0.2) is 76.6 Å². The number of likely N-dealkylation sites (N-methyl/N-ethyl adjacent to an activating group) is 1. The van der Waals surface area contributed by atoms with Crippen LogP contribution in [0.25, 0.3) is 0 Å². The lowest BCUT2D eigenvalue weighted by Gasteiger charge is -2.28. The minimum Gasteiger partial charge on any atom is -0.496 e. The number of ether oxygens (including phenoxy) is 2. The summed E-state index contributed by atoms with van der Waals surface area (Å²) in [5.41, 5.74) is 1.08. The second-order valence-electron chi connectivity index (χ2n) is 7.57. The van der Waals surface area contributed by atoms with E-state index in [2.05, 4.69) is 42.6 Å². The lowest BCUT2D eigenvalue weighted by Crippen LogP contribution is -2.42. The fraction of sp³-hybridized carbons (Fsp3) is 0.667. The lowest BCUT2D eigenvalue weighted by atomic mass is 9.84. The van der Waals surface area contributed by atoms with Gasteiger partial charge in [0.05, 0.1) is 26.3 Å². The van der Waals surface area contributed by atoms with Crippen LogP contribution in [-0.2, 0) is 4.74 Å². The first kappa shape index (κ1) is 22.5. The van der Waals surface area contributed by atoms with Gasteiger partial charge < -0.3 is 30.1 Å². The molecule has 0 aliphatic carbocycles. The molecule has 0 bridgehead atoms. The molecule has 1 aliphatic rings. The molecule has 1 aromatic rings. The summed E-state index contributed by atoms with van der Waals surface area (Å²) in [6, 6.07) is 8.25. The van der Waals surface area contributed by atoms with Crippen molar-refractivity contribution >= 4 is 5.96 Å². The number of aliphatic hydroxyl groups is 1. The van der Waals surface area contributed by atoms with Crippen molar-refractivity contribution < 1.29 is 14.6 Å². The van der Waals surface area contributed by atoms with Crippen molar-refractivity contribution in [1.82, 2.24) is 15.5 Å². The van der Waals surface area contributed by atoms with E-state index in [0.717, 1.165) is 43.3 Å². The molecular formula is C21H36N4O3. The minimum absolute atomic E-state index is 0.0549. The molecule has 1 fully saturated rings. The van der Waals surface area contributed by atoms with E-state index in [1.807, 2.05) is 18.2 Å². The molecule has 1 saturated heterocycles. The maximum absolute atomic E-state index is 9.42. The average Bonchev–Trinajstić information content (AvgIpc) is 3.15. The average molecular weight is 393 g/mol. The van der Waals surface area contributed by atoms with Gasteiger partial charge in [-0.05, 0) is 39.9 Å². The summed E-state index contributed by atoms with van der Waals surface area (Å²) in [5, 5.41) is 16.2. The molecule has 0 saturated carbocycles. The maximum Gasteiger partial charge on any atom is 0.191 e. The Hall–Kier alpha value is -1.83. The second kappa shape index (κ2) is 11.2. The number of methoxy groups -OCH3 is 1. The molecule has 1 heterocycles. The molecule has 7 heteroatoms. The number of hydrogen-bond acceptors (Lipinski definition) is 5. The van der Waals surface area contributed by atoms with Crippen molar-refractivity contribution in [3.05, 3.63) is 29.8 Å². The number of aliphatic hydroxyl groups excluding tert-OH is 1. The summed E-state index contributed by atoms with van der Waals surface area (Å²) in [5.74, 6) is 1.67. The predicted molar refractivity (Wildman–Crippen MR) is 113 cm³/mol. The molecule has 0 spiro atoms. The Morgan fingerprint density at radius 3 is 2.75 bits per heavy atom. The van der Waals surface area contributed by atoms with Crippen molar-refractivity contribution in [2.45, 2.75) is 25.8 Å². The number of rotatable bonds is 10. The fourth-order valence-corrected chi connectivity index (χ4v) is 3.58. The maximum atomic E-state index is 9.42. The van der Waals surface area contributed by atoms with E-state index in [1.165, 1.54) is 0 Å². The number of benzene rings is 1. The first-order valence-corrected chi connectivity index (χ1v) is 10.1. The molecule has 2 unspecified atom stereocenters. The van der Waals surface area contributed by atoms with Gasteiger partial charge in [-0.2, -0.15) is 0 Å². The van der Waals surface area contributed by atoms with Crippen LogP contribution in [0.3, 0.4) is 0 Å². The number of guanidine groups is 1. The fourth-order valence-electron chi connectivity index (χ4n) is 3.58. The Morgan fingerprint density at radius 2 is 2.14 bits per heavy atom. The summed E-state index contributed by atoms with van der Waals surface area (Å²) in [4.78, 5) is 6.98. The molecule has 0 radical (unpaired) electrons. The molecular weight excluding hydrogens is 356 g/mol. The smallest absolute Gasteiger partial charge is 0.191 e. The van der Waals surface area contributed by atoms with Crippen LogP contribution >= 0.6 is 0 Å². The lowest BCUT2D eigenvalue weighted by molar-refractivity contribution is 0.131.